The van der Waals surface area contributed by atoms with Crippen molar-refractivity contribution in [3.63, 3.8) is 0 Å². The van der Waals surface area contributed by atoms with Crippen molar-refractivity contribution in [3.8, 4) is 0 Å². The SMILES string of the molecule is CCc1ccc(N(CC(=O)Nc2nnc(SCC(C)C)s2)S(=O)(=O)c2ccccc2)cc1. The third kappa shape index (κ3) is 6.30. The van der Waals surface area contributed by atoms with E-state index in [1.54, 1.807) is 42.1 Å². The molecule has 1 heterocycles. The van der Waals surface area contributed by atoms with E-state index >= 15 is 0 Å². The third-order valence-corrected chi connectivity index (χ3v) is 8.63. The number of sulfonamides is 1. The van der Waals surface area contributed by atoms with Crippen LogP contribution < -0.4 is 9.62 Å². The molecule has 0 saturated heterocycles. The lowest BCUT2D eigenvalue weighted by Crippen LogP contribution is -2.38. The van der Waals surface area contributed by atoms with Crippen molar-refractivity contribution >= 4 is 49.8 Å². The molecule has 3 aromatic rings. The average Bonchev–Trinajstić information content (AvgIpc) is 3.24. The first kappa shape index (κ1) is 24.2. The van der Waals surface area contributed by atoms with E-state index in [0.717, 1.165) is 26.4 Å². The number of thioether (sulfide) groups is 1. The number of aryl methyl sites for hydroxylation is 1. The molecule has 2 aromatic carbocycles. The van der Waals surface area contributed by atoms with Crippen LogP contribution in [-0.2, 0) is 21.2 Å². The molecule has 0 saturated carbocycles. The van der Waals surface area contributed by atoms with E-state index in [9.17, 15) is 13.2 Å². The van der Waals surface area contributed by atoms with Gasteiger partial charge in [0.15, 0.2) is 4.34 Å². The Morgan fingerprint density at radius 3 is 2.41 bits per heavy atom. The van der Waals surface area contributed by atoms with Crippen LogP contribution >= 0.6 is 23.1 Å². The van der Waals surface area contributed by atoms with Gasteiger partial charge in [-0.05, 0) is 42.2 Å². The zero-order chi connectivity index (χ0) is 23.1. The van der Waals surface area contributed by atoms with Crippen LogP contribution in [0.5, 0.6) is 0 Å². The minimum absolute atomic E-state index is 0.121. The topological polar surface area (TPSA) is 92.3 Å². The molecule has 3 rings (SSSR count). The number of nitrogens with zero attached hydrogens (tertiary/aromatic N) is 3. The number of hydrogen-bond acceptors (Lipinski definition) is 7. The number of hydrogen-bond donors (Lipinski definition) is 1. The van der Waals surface area contributed by atoms with E-state index in [1.807, 2.05) is 19.1 Å². The van der Waals surface area contributed by atoms with Crippen molar-refractivity contribution in [3.05, 3.63) is 60.2 Å². The lowest BCUT2D eigenvalue weighted by molar-refractivity contribution is -0.114. The Hall–Kier alpha value is -2.43. The molecular weight excluding hydrogens is 464 g/mol. The number of benzene rings is 2. The molecule has 0 aliphatic rings. The standard InChI is InChI=1S/C22H26N4O3S3/c1-4-17-10-12-18(13-11-17)26(32(28,29)19-8-6-5-7-9-19)14-20(27)23-21-24-25-22(31-21)30-15-16(2)3/h5-13,16H,4,14-15H2,1-3H3,(H,23,24,27). The third-order valence-electron chi connectivity index (χ3n) is 4.44. The molecule has 32 heavy (non-hydrogen) atoms. The molecule has 1 N–H and O–H groups in total. The van der Waals surface area contributed by atoms with Crippen LogP contribution in [0.2, 0.25) is 0 Å². The van der Waals surface area contributed by atoms with Gasteiger partial charge in [0, 0.05) is 5.75 Å². The van der Waals surface area contributed by atoms with Crippen LogP contribution in [0, 0.1) is 5.92 Å². The van der Waals surface area contributed by atoms with Gasteiger partial charge >= 0.3 is 0 Å². The second-order valence-electron chi connectivity index (χ2n) is 7.47. The maximum absolute atomic E-state index is 13.3. The molecule has 0 bridgehead atoms. The summed E-state index contributed by atoms with van der Waals surface area (Å²) >= 11 is 2.86. The van der Waals surface area contributed by atoms with Gasteiger partial charge < -0.3 is 0 Å². The fourth-order valence-electron chi connectivity index (χ4n) is 2.78. The smallest absolute Gasteiger partial charge is 0.264 e. The summed E-state index contributed by atoms with van der Waals surface area (Å²) in [4.78, 5) is 12.9. The normalized spacial score (nSPS) is 11.5. The van der Waals surface area contributed by atoms with Crippen molar-refractivity contribution in [1.82, 2.24) is 10.2 Å². The van der Waals surface area contributed by atoms with Crippen molar-refractivity contribution in [1.29, 1.82) is 0 Å². The van der Waals surface area contributed by atoms with Gasteiger partial charge in [-0.3, -0.25) is 14.4 Å². The van der Waals surface area contributed by atoms with Gasteiger partial charge in [-0.2, -0.15) is 0 Å². The number of carbonyl (C=O) groups is 1. The Kier molecular flexibility index (Phi) is 8.27. The van der Waals surface area contributed by atoms with E-state index in [0.29, 0.717) is 16.7 Å². The summed E-state index contributed by atoms with van der Waals surface area (Å²) in [5, 5.41) is 11.1. The summed E-state index contributed by atoms with van der Waals surface area (Å²) in [5.74, 6) is 0.929. The fourth-order valence-corrected chi connectivity index (χ4v) is 5.97. The maximum Gasteiger partial charge on any atom is 0.264 e. The summed E-state index contributed by atoms with van der Waals surface area (Å²) in [6, 6.07) is 15.3. The van der Waals surface area contributed by atoms with Crippen LogP contribution in [0.15, 0.2) is 63.8 Å². The molecule has 0 atom stereocenters. The van der Waals surface area contributed by atoms with E-state index < -0.39 is 15.9 Å². The molecular formula is C22H26N4O3S3. The molecule has 0 spiro atoms. The van der Waals surface area contributed by atoms with Crippen molar-refractivity contribution in [2.24, 2.45) is 5.92 Å². The molecule has 0 radical (unpaired) electrons. The molecule has 0 aliphatic carbocycles. The Morgan fingerprint density at radius 1 is 1.09 bits per heavy atom. The summed E-state index contributed by atoms with van der Waals surface area (Å²) in [7, 11) is -3.94. The summed E-state index contributed by atoms with van der Waals surface area (Å²) < 4.78 is 28.6. The van der Waals surface area contributed by atoms with E-state index in [4.69, 9.17) is 0 Å². The highest BCUT2D eigenvalue weighted by atomic mass is 32.2. The van der Waals surface area contributed by atoms with E-state index in [2.05, 4.69) is 29.4 Å². The van der Waals surface area contributed by atoms with Crippen molar-refractivity contribution in [2.45, 2.75) is 36.4 Å². The predicted octanol–water partition coefficient (Wildman–Crippen LogP) is 4.68. The Balaban J connectivity index is 1.81. The van der Waals surface area contributed by atoms with Gasteiger partial charge in [-0.15, -0.1) is 10.2 Å². The molecule has 10 heteroatoms. The number of amides is 1. The van der Waals surface area contributed by atoms with Gasteiger partial charge in [0.2, 0.25) is 11.0 Å². The van der Waals surface area contributed by atoms with Gasteiger partial charge in [0.05, 0.1) is 10.6 Å². The monoisotopic (exact) mass is 490 g/mol. The summed E-state index contributed by atoms with van der Waals surface area (Å²) in [5.41, 5.74) is 1.50. The van der Waals surface area contributed by atoms with Gasteiger partial charge in [-0.25, -0.2) is 8.42 Å². The van der Waals surface area contributed by atoms with Crippen molar-refractivity contribution < 1.29 is 13.2 Å². The van der Waals surface area contributed by atoms with Crippen LogP contribution in [0.4, 0.5) is 10.8 Å². The summed E-state index contributed by atoms with van der Waals surface area (Å²) in [6.07, 6.45) is 0.834. The van der Waals surface area contributed by atoms with E-state index in [-0.39, 0.29) is 11.4 Å². The molecule has 0 unspecified atom stereocenters. The first-order valence-electron chi connectivity index (χ1n) is 10.2. The highest BCUT2D eigenvalue weighted by Crippen LogP contribution is 2.28. The Morgan fingerprint density at radius 2 is 1.78 bits per heavy atom. The number of rotatable bonds is 10. The minimum atomic E-state index is -3.94. The zero-order valence-corrected chi connectivity index (χ0v) is 20.6. The lowest BCUT2D eigenvalue weighted by Gasteiger charge is -2.24. The molecule has 1 amide bonds. The van der Waals surface area contributed by atoms with Gasteiger partial charge in [0.25, 0.3) is 10.0 Å². The highest BCUT2D eigenvalue weighted by Gasteiger charge is 2.27. The molecule has 1 aromatic heterocycles. The second-order valence-corrected chi connectivity index (χ2v) is 11.6. The molecule has 7 nitrogen and oxygen atoms in total. The molecule has 0 aliphatic heterocycles. The van der Waals surface area contributed by atoms with E-state index in [1.165, 1.54) is 23.5 Å². The number of aromatic nitrogens is 2. The largest absolute Gasteiger partial charge is 0.299 e. The zero-order valence-electron chi connectivity index (χ0n) is 18.2. The first-order valence-corrected chi connectivity index (χ1v) is 13.5. The maximum atomic E-state index is 13.3. The summed E-state index contributed by atoms with van der Waals surface area (Å²) in [6.45, 7) is 5.88. The quantitative estimate of drug-likeness (QED) is 0.328. The van der Waals surface area contributed by atoms with Crippen LogP contribution in [0.1, 0.15) is 26.3 Å². The predicted molar refractivity (Wildman–Crippen MR) is 131 cm³/mol. The molecule has 170 valence electrons. The number of carbonyl (C=O) groups excluding carboxylic acids is 1. The average molecular weight is 491 g/mol. The first-order chi connectivity index (χ1) is 15.3. The van der Waals surface area contributed by atoms with Gasteiger partial charge in [0.1, 0.15) is 6.54 Å². The minimum Gasteiger partial charge on any atom is -0.299 e. The number of anilines is 2. The van der Waals surface area contributed by atoms with Crippen LogP contribution in [0.3, 0.4) is 0 Å². The molecule has 0 fully saturated rings. The Labute approximate surface area is 197 Å². The second kappa shape index (κ2) is 10.9. The van der Waals surface area contributed by atoms with Crippen molar-refractivity contribution in [2.75, 3.05) is 21.9 Å². The van der Waals surface area contributed by atoms with Crippen LogP contribution in [0.25, 0.3) is 0 Å². The number of nitrogens with one attached hydrogen (secondary N) is 1. The Bertz CT molecular complexity index is 1130. The highest BCUT2D eigenvalue weighted by molar-refractivity contribution is 8.01. The van der Waals surface area contributed by atoms with Crippen LogP contribution in [-0.4, -0.2) is 36.8 Å². The lowest BCUT2D eigenvalue weighted by atomic mass is 10.1. The van der Waals surface area contributed by atoms with Gasteiger partial charge in [-0.1, -0.05) is 74.2 Å². The fraction of sp³-hybridized carbons (Fsp3) is 0.318.